The molecule has 0 aliphatic carbocycles. The summed E-state index contributed by atoms with van der Waals surface area (Å²) in [4.78, 5) is 14.3. The summed E-state index contributed by atoms with van der Waals surface area (Å²) in [6.07, 6.45) is 0. The number of benzene rings is 2. The number of rotatable bonds is 3. The lowest BCUT2D eigenvalue weighted by atomic mass is 9.95. The summed E-state index contributed by atoms with van der Waals surface area (Å²) in [5.74, 6) is -0.169. The number of anilines is 1. The van der Waals surface area contributed by atoms with E-state index in [-0.39, 0.29) is 12.5 Å². The molecule has 2 aromatic carbocycles. The van der Waals surface area contributed by atoms with E-state index in [1.54, 1.807) is 11.0 Å². The Hall–Kier alpha value is -3.59. The van der Waals surface area contributed by atoms with Crippen molar-refractivity contribution in [2.24, 2.45) is 0 Å². The molecule has 0 saturated carbocycles. The number of aromatic nitrogens is 1. The first-order valence-corrected chi connectivity index (χ1v) is 8.14. The molecule has 0 fully saturated rings. The monoisotopic (exact) mass is 344 g/mol. The Morgan fingerprint density at radius 1 is 1.42 bits per heavy atom. The largest absolute Gasteiger partial charge is 0.398 e. The number of amides is 1. The van der Waals surface area contributed by atoms with E-state index in [1.165, 1.54) is 0 Å². The van der Waals surface area contributed by atoms with Crippen LogP contribution in [-0.4, -0.2) is 22.5 Å². The summed E-state index contributed by atoms with van der Waals surface area (Å²) < 4.78 is 5.27. The van der Waals surface area contributed by atoms with Crippen LogP contribution < -0.4 is 5.73 Å². The van der Waals surface area contributed by atoms with Crippen LogP contribution in [0, 0.1) is 18.3 Å². The lowest BCUT2D eigenvalue weighted by Gasteiger charge is -2.14. The average Bonchev–Trinajstić information content (AvgIpc) is 3.16. The molecule has 1 aliphatic heterocycles. The van der Waals surface area contributed by atoms with Gasteiger partial charge in [-0.3, -0.25) is 4.79 Å². The van der Waals surface area contributed by atoms with Crippen molar-refractivity contribution in [3.63, 3.8) is 0 Å². The van der Waals surface area contributed by atoms with E-state index in [1.807, 2.05) is 37.3 Å². The van der Waals surface area contributed by atoms with E-state index in [2.05, 4.69) is 11.7 Å². The van der Waals surface area contributed by atoms with E-state index in [4.69, 9.17) is 15.5 Å². The highest BCUT2D eigenvalue weighted by molar-refractivity contribution is 6.05. The lowest BCUT2D eigenvalue weighted by molar-refractivity contribution is 0.0794. The smallest absolute Gasteiger partial charge is 0.256 e. The number of fused-ring (bicyclic) bond motifs is 2. The van der Waals surface area contributed by atoms with Gasteiger partial charge in [-0.1, -0.05) is 23.9 Å². The van der Waals surface area contributed by atoms with Crippen molar-refractivity contribution in [2.75, 3.05) is 12.3 Å². The van der Waals surface area contributed by atoms with Crippen molar-refractivity contribution in [3.05, 3.63) is 59.3 Å². The van der Waals surface area contributed by atoms with E-state index < -0.39 is 0 Å². The van der Waals surface area contributed by atoms with Gasteiger partial charge in [0.2, 0.25) is 0 Å². The standard InChI is InChI=1S/C20H16N4O2/c1-11(8-21)9-24-10-16-14(4-5-17(22)19(16)20(24)25)13-3-6-18-15(7-13)12(2)23-26-18/h3-7H,1,9-10,22H2,2H3. The minimum absolute atomic E-state index is 0.169. The Balaban J connectivity index is 1.83. The molecule has 1 aromatic heterocycles. The fourth-order valence-corrected chi connectivity index (χ4v) is 3.39. The first kappa shape index (κ1) is 15.9. The zero-order valence-electron chi connectivity index (χ0n) is 14.2. The van der Waals surface area contributed by atoms with Gasteiger partial charge in [-0.05, 0) is 41.8 Å². The predicted octanol–water partition coefficient (Wildman–Crippen LogP) is 3.42. The van der Waals surface area contributed by atoms with Crippen LogP contribution in [0.3, 0.4) is 0 Å². The van der Waals surface area contributed by atoms with Crippen LogP contribution in [0.4, 0.5) is 5.69 Å². The Bertz CT molecular complexity index is 1120. The topological polar surface area (TPSA) is 96.2 Å². The summed E-state index contributed by atoms with van der Waals surface area (Å²) in [6, 6.07) is 11.5. The molecule has 2 N–H and O–H groups in total. The maximum atomic E-state index is 12.7. The number of aryl methyl sites for hydroxylation is 1. The molecule has 0 spiro atoms. The van der Waals surface area contributed by atoms with Gasteiger partial charge in [0.15, 0.2) is 5.58 Å². The Labute approximate surface area is 150 Å². The number of hydrogen-bond acceptors (Lipinski definition) is 5. The third-order valence-electron chi connectivity index (χ3n) is 4.70. The van der Waals surface area contributed by atoms with Crippen molar-refractivity contribution in [2.45, 2.75) is 13.5 Å². The number of nitrogens with two attached hydrogens (primary N) is 1. The molecule has 6 heteroatoms. The van der Waals surface area contributed by atoms with E-state index in [9.17, 15) is 4.79 Å². The Kier molecular flexibility index (Phi) is 3.51. The molecule has 0 saturated heterocycles. The molecule has 3 aromatic rings. The highest BCUT2D eigenvalue weighted by Crippen LogP contribution is 2.37. The maximum Gasteiger partial charge on any atom is 0.256 e. The van der Waals surface area contributed by atoms with E-state index in [0.29, 0.717) is 23.4 Å². The van der Waals surface area contributed by atoms with Gasteiger partial charge in [-0.25, -0.2) is 0 Å². The van der Waals surface area contributed by atoms with Crippen LogP contribution in [0.2, 0.25) is 0 Å². The molecule has 1 aliphatic rings. The van der Waals surface area contributed by atoms with Crippen LogP contribution in [-0.2, 0) is 6.54 Å². The lowest BCUT2D eigenvalue weighted by Crippen LogP contribution is -2.26. The minimum Gasteiger partial charge on any atom is -0.398 e. The van der Waals surface area contributed by atoms with Gasteiger partial charge in [-0.2, -0.15) is 5.26 Å². The first-order chi connectivity index (χ1) is 12.5. The predicted molar refractivity (Wildman–Crippen MR) is 98.1 cm³/mol. The van der Waals surface area contributed by atoms with Crippen LogP contribution >= 0.6 is 0 Å². The van der Waals surface area contributed by atoms with Gasteiger partial charge >= 0.3 is 0 Å². The number of carbonyl (C=O) groups is 1. The molecule has 6 nitrogen and oxygen atoms in total. The fraction of sp³-hybridized carbons (Fsp3) is 0.150. The summed E-state index contributed by atoms with van der Waals surface area (Å²) in [5, 5.41) is 13.9. The third-order valence-corrected chi connectivity index (χ3v) is 4.70. The average molecular weight is 344 g/mol. The van der Waals surface area contributed by atoms with Crippen molar-refractivity contribution in [3.8, 4) is 17.2 Å². The molecular weight excluding hydrogens is 328 g/mol. The van der Waals surface area contributed by atoms with Crippen molar-refractivity contribution in [1.29, 1.82) is 5.26 Å². The maximum absolute atomic E-state index is 12.7. The van der Waals surface area contributed by atoms with Gasteiger partial charge in [0, 0.05) is 23.2 Å². The molecular formula is C20H16N4O2. The summed E-state index contributed by atoms with van der Waals surface area (Å²) in [6.45, 7) is 6.16. The first-order valence-electron chi connectivity index (χ1n) is 8.14. The molecule has 0 bridgehead atoms. The molecule has 1 amide bonds. The van der Waals surface area contributed by atoms with Crippen molar-refractivity contribution < 1.29 is 9.32 Å². The fourth-order valence-electron chi connectivity index (χ4n) is 3.39. The summed E-state index contributed by atoms with van der Waals surface area (Å²) in [5.41, 5.74) is 11.7. The van der Waals surface area contributed by atoms with Gasteiger partial charge in [0.05, 0.1) is 23.9 Å². The van der Waals surface area contributed by atoms with Crippen LogP contribution in [0.25, 0.3) is 22.1 Å². The molecule has 0 atom stereocenters. The Morgan fingerprint density at radius 3 is 3.00 bits per heavy atom. The second-order valence-electron chi connectivity index (χ2n) is 6.41. The minimum atomic E-state index is -0.169. The molecule has 2 heterocycles. The van der Waals surface area contributed by atoms with Crippen LogP contribution in [0.15, 0.2) is 47.0 Å². The van der Waals surface area contributed by atoms with Crippen LogP contribution in [0.5, 0.6) is 0 Å². The normalized spacial score (nSPS) is 13.1. The van der Waals surface area contributed by atoms with E-state index in [0.717, 1.165) is 33.4 Å². The molecule has 0 radical (unpaired) electrons. The zero-order valence-corrected chi connectivity index (χ0v) is 14.2. The molecule has 0 unspecified atom stereocenters. The van der Waals surface area contributed by atoms with Gasteiger partial charge in [0.25, 0.3) is 5.91 Å². The number of carbonyl (C=O) groups excluding carboxylic acids is 1. The van der Waals surface area contributed by atoms with Crippen molar-refractivity contribution >= 4 is 22.6 Å². The molecule has 128 valence electrons. The second kappa shape index (κ2) is 5.74. The molecule has 26 heavy (non-hydrogen) atoms. The summed E-state index contributed by atoms with van der Waals surface area (Å²) >= 11 is 0. The van der Waals surface area contributed by atoms with E-state index >= 15 is 0 Å². The zero-order chi connectivity index (χ0) is 18.4. The highest BCUT2D eigenvalue weighted by atomic mass is 16.5. The van der Waals surface area contributed by atoms with Crippen molar-refractivity contribution in [1.82, 2.24) is 10.1 Å². The van der Waals surface area contributed by atoms with Gasteiger partial charge in [-0.15, -0.1) is 0 Å². The molecule has 4 rings (SSSR count). The number of nitriles is 1. The van der Waals surface area contributed by atoms with Gasteiger partial charge < -0.3 is 15.2 Å². The number of nitrogen functional groups attached to an aromatic ring is 1. The van der Waals surface area contributed by atoms with Gasteiger partial charge in [0.1, 0.15) is 0 Å². The third kappa shape index (κ3) is 2.33. The number of hydrogen-bond donors (Lipinski definition) is 1. The Morgan fingerprint density at radius 2 is 2.23 bits per heavy atom. The highest BCUT2D eigenvalue weighted by Gasteiger charge is 2.32. The second-order valence-corrected chi connectivity index (χ2v) is 6.41. The SMILES string of the molecule is C=C(C#N)CN1Cc2c(-c3ccc4onc(C)c4c3)ccc(N)c2C1=O. The van der Waals surface area contributed by atoms with Crippen LogP contribution in [0.1, 0.15) is 21.6 Å². The number of nitrogens with zero attached hydrogens (tertiary/aromatic N) is 3. The summed E-state index contributed by atoms with van der Waals surface area (Å²) in [7, 11) is 0. The quantitative estimate of drug-likeness (QED) is 0.580.